The highest BCUT2D eigenvalue weighted by molar-refractivity contribution is 5.81. The maximum atomic E-state index is 12.4. The van der Waals surface area contributed by atoms with Crippen molar-refractivity contribution in [2.45, 2.75) is 51.7 Å². The number of carbonyl (C=O) groups is 1. The van der Waals surface area contributed by atoms with Crippen molar-refractivity contribution in [3.63, 3.8) is 0 Å². The first-order valence-corrected chi connectivity index (χ1v) is 7.97. The first-order chi connectivity index (χ1) is 10.2. The zero-order chi connectivity index (χ0) is 15.1. The van der Waals surface area contributed by atoms with Gasteiger partial charge >= 0.3 is 0 Å². The Morgan fingerprint density at radius 1 is 1.33 bits per heavy atom. The molecule has 2 N–H and O–H groups in total. The first-order valence-electron chi connectivity index (χ1n) is 7.97. The Labute approximate surface area is 127 Å². The summed E-state index contributed by atoms with van der Waals surface area (Å²) >= 11 is 0. The highest BCUT2D eigenvalue weighted by atomic mass is 16.3. The number of aliphatic hydroxyl groups excluding tert-OH is 1. The predicted molar refractivity (Wildman–Crippen MR) is 85.1 cm³/mol. The van der Waals surface area contributed by atoms with Crippen LogP contribution in [0.5, 0.6) is 0 Å². The van der Waals surface area contributed by atoms with E-state index in [1.165, 1.54) is 19.3 Å². The van der Waals surface area contributed by atoms with Gasteiger partial charge in [0.1, 0.15) is 0 Å². The van der Waals surface area contributed by atoms with Crippen molar-refractivity contribution in [2.24, 2.45) is 0 Å². The summed E-state index contributed by atoms with van der Waals surface area (Å²) in [4.78, 5) is 14.4. The fraction of sp³-hybridized carbons (Fsp3) is 0.588. The molecule has 0 bridgehead atoms. The lowest BCUT2D eigenvalue weighted by Crippen LogP contribution is -2.43. The minimum atomic E-state index is 0.0205. The van der Waals surface area contributed by atoms with Crippen LogP contribution >= 0.6 is 0 Å². The molecule has 2 rings (SSSR count). The van der Waals surface area contributed by atoms with Crippen LogP contribution < -0.4 is 5.32 Å². The van der Waals surface area contributed by atoms with Crippen LogP contribution in [-0.2, 0) is 11.4 Å². The molecule has 1 aromatic rings. The summed E-state index contributed by atoms with van der Waals surface area (Å²) in [5, 5.41) is 12.3. The van der Waals surface area contributed by atoms with Gasteiger partial charge in [-0.15, -0.1) is 0 Å². The number of nitrogens with one attached hydrogen (secondary N) is 1. The van der Waals surface area contributed by atoms with Gasteiger partial charge in [0.05, 0.1) is 13.2 Å². The lowest BCUT2D eigenvalue weighted by Gasteiger charge is -2.33. The number of amides is 1. The molecule has 0 saturated heterocycles. The second kappa shape index (κ2) is 8.03. The number of benzene rings is 1. The van der Waals surface area contributed by atoms with Crippen molar-refractivity contribution < 1.29 is 9.90 Å². The first kappa shape index (κ1) is 15.8. The van der Waals surface area contributed by atoms with E-state index in [0.717, 1.165) is 30.6 Å². The van der Waals surface area contributed by atoms with Crippen LogP contribution in [0, 0.1) is 0 Å². The largest absolute Gasteiger partial charge is 0.392 e. The third-order valence-corrected chi connectivity index (χ3v) is 4.23. The highest BCUT2D eigenvalue weighted by Crippen LogP contribution is 2.22. The lowest BCUT2D eigenvalue weighted by molar-refractivity contribution is -0.132. The van der Waals surface area contributed by atoms with Crippen LogP contribution in [0.3, 0.4) is 0 Å². The van der Waals surface area contributed by atoms with Crippen LogP contribution in [0.15, 0.2) is 24.3 Å². The van der Waals surface area contributed by atoms with E-state index in [-0.39, 0.29) is 12.5 Å². The SMILES string of the molecule is CCN(C(=O)CNc1cccc(CO)c1)C1CCCCC1. The van der Waals surface area contributed by atoms with Gasteiger partial charge in [-0.05, 0) is 37.5 Å². The number of anilines is 1. The van der Waals surface area contributed by atoms with Crippen molar-refractivity contribution in [3.05, 3.63) is 29.8 Å². The maximum Gasteiger partial charge on any atom is 0.242 e. The lowest BCUT2D eigenvalue weighted by atomic mass is 9.94. The molecule has 0 spiro atoms. The third-order valence-electron chi connectivity index (χ3n) is 4.23. The fourth-order valence-electron chi connectivity index (χ4n) is 3.09. The zero-order valence-electron chi connectivity index (χ0n) is 12.8. The molecule has 0 atom stereocenters. The summed E-state index contributed by atoms with van der Waals surface area (Å²) in [5.74, 6) is 0.166. The molecule has 0 aromatic heterocycles. The molecule has 1 fully saturated rings. The van der Waals surface area contributed by atoms with Crippen LogP contribution in [0.1, 0.15) is 44.6 Å². The van der Waals surface area contributed by atoms with Gasteiger partial charge in [-0.2, -0.15) is 0 Å². The molecule has 0 heterocycles. The molecule has 1 aromatic carbocycles. The normalized spacial score (nSPS) is 15.7. The van der Waals surface area contributed by atoms with E-state index in [4.69, 9.17) is 5.11 Å². The molecule has 0 unspecified atom stereocenters. The number of nitrogens with zero attached hydrogens (tertiary/aromatic N) is 1. The maximum absolute atomic E-state index is 12.4. The average Bonchev–Trinajstić information content (AvgIpc) is 2.55. The molecule has 1 aliphatic rings. The Hall–Kier alpha value is -1.55. The van der Waals surface area contributed by atoms with Crippen molar-refractivity contribution in [2.75, 3.05) is 18.4 Å². The molecule has 0 aliphatic heterocycles. The van der Waals surface area contributed by atoms with Gasteiger partial charge in [-0.3, -0.25) is 4.79 Å². The molecule has 1 aliphatic carbocycles. The van der Waals surface area contributed by atoms with E-state index in [9.17, 15) is 4.79 Å². The molecule has 1 amide bonds. The quantitative estimate of drug-likeness (QED) is 0.847. The number of hydrogen-bond donors (Lipinski definition) is 2. The third kappa shape index (κ3) is 4.46. The van der Waals surface area contributed by atoms with Crippen molar-refractivity contribution in [3.8, 4) is 0 Å². The van der Waals surface area contributed by atoms with Crippen LogP contribution in [0.25, 0.3) is 0 Å². The number of hydrogen-bond acceptors (Lipinski definition) is 3. The standard InChI is InChI=1S/C17H26N2O2/c1-2-19(16-9-4-3-5-10-16)17(21)12-18-15-8-6-7-14(11-15)13-20/h6-8,11,16,18,20H,2-5,9-10,12-13H2,1H3. The van der Waals surface area contributed by atoms with E-state index in [1.54, 1.807) is 0 Å². The molecular formula is C17H26N2O2. The Bertz CT molecular complexity index is 456. The van der Waals surface area contributed by atoms with Gasteiger partial charge in [0.2, 0.25) is 5.91 Å². The van der Waals surface area contributed by atoms with Gasteiger partial charge in [0, 0.05) is 18.3 Å². The van der Waals surface area contributed by atoms with Crippen molar-refractivity contribution in [1.82, 2.24) is 4.90 Å². The second-order valence-electron chi connectivity index (χ2n) is 5.68. The molecule has 0 radical (unpaired) electrons. The summed E-state index contributed by atoms with van der Waals surface area (Å²) in [5.41, 5.74) is 1.74. The number of aliphatic hydroxyl groups is 1. The summed E-state index contributed by atoms with van der Waals surface area (Å²) in [6.07, 6.45) is 6.05. The van der Waals surface area contributed by atoms with E-state index in [0.29, 0.717) is 12.6 Å². The Morgan fingerprint density at radius 2 is 2.10 bits per heavy atom. The van der Waals surface area contributed by atoms with E-state index in [1.807, 2.05) is 29.2 Å². The smallest absolute Gasteiger partial charge is 0.242 e. The van der Waals surface area contributed by atoms with Gasteiger partial charge in [-0.1, -0.05) is 31.4 Å². The van der Waals surface area contributed by atoms with Gasteiger partial charge in [-0.25, -0.2) is 0 Å². The topological polar surface area (TPSA) is 52.6 Å². The van der Waals surface area contributed by atoms with E-state index in [2.05, 4.69) is 12.2 Å². The van der Waals surface area contributed by atoms with Gasteiger partial charge < -0.3 is 15.3 Å². The monoisotopic (exact) mass is 290 g/mol. The fourth-order valence-corrected chi connectivity index (χ4v) is 3.09. The van der Waals surface area contributed by atoms with Crippen molar-refractivity contribution in [1.29, 1.82) is 0 Å². The highest BCUT2D eigenvalue weighted by Gasteiger charge is 2.23. The summed E-state index contributed by atoms with van der Waals surface area (Å²) in [6.45, 7) is 3.17. The van der Waals surface area contributed by atoms with Crippen LogP contribution in [-0.4, -0.2) is 35.0 Å². The molecule has 116 valence electrons. The molecule has 21 heavy (non-hydrogen) atoms. The summed E-state index contributed by atoms with van der Waals surface area (Å²) in [6, 6.07) is 7.97. The van der Waals surface area contributed by atoms with Crippen molar-refractivity contribution >= 4 is 11.6 Å². The average molecular weight is 290 g/mol. The number of rotatable bonds is 6. The molecular weight excluding hydrogens is 264 g/mol. The minimum Gasteiger partial charge on any atom is -0.392 e. The van der Waals surface area contributed by atoms with E-state index >= 15 is 0 Å². The van der Waals surface area contributed by atoms with E-state index < -0.39 is 0 Å². The van der Waals surface area contributed by atoms with Gasteiger partial charge in [0.25, 0.3) is 0 Å². The second-order valence-corrected chi connectivity index (χ2v) is 5.68. The van der Waals surface area contributed by atoms with Crippen LogP contribution in [0.2, 0.25) is 0 Å². The van der Waals surface area contributed by atoms with Gasteiger partial charge in [0.15, 0.2) is 0 Å². The molecule has 4 heteroatoms. The Balaban J connectivity index is 1.89. The Kier molecular flexibility index (Phi) is 6.05. The Morgan fingerprint density at radius 3 is 2.76 bits per heavy atom. The van der Waals surface area contributed by atoms with Crippen LogP contribution in [0.4, 0.5) is 5.69 Å². The molecule has 4 nitrogen and oxygen atoms in total. The summed E-state index contributed by atoms with van der Waals surface area (Å²) in [7, 11) is 0. The summed E-state index contributed by atoms with van der Waals surface area (Å²) < 4.78 is 0. The number of carbonyl (C=O) groups excluding carboxylic acids is 1. The zero-order valence-corrected chi connectivity index (χ0v) is 12.8. The number of likely N-dealkylation sites (N-methyl/N-ethyl adjacent to an activating group) is 1. The molecule has 1 saturated carbocycles. The predicted octanol–water partition coefficient (Wildman–Crippen LogP) is 2.77. The minimum absolute atomic E-state index is 0.0205.